The van der Waals surface area contributed by atoms with Crippen LogP contribution in [0.3, 0.4) is 0 Å². The number of aromatic nitrogens is 2. The molecule has 0 aliphatic carbocycles. The van der Waals surface area contributed by atoms with Gasteiger partial charge >= 0.3 is 5.69 Å². The number of aryl methyl sites for hydroxylation is 2. The predicted octanol–water partition coefficient (Wildman–Crippen LogP) is 5.64. The van der Waals surface area contributed by atoms with Crippen LogP contribution in [0, 0.1) is 24.0 Å². The second-order valence-electron chi connectivity index (χ2n) is 6.62. The first-order chi connectivity index (χ1) is 14.0. The summed E-state index contributed by atoms with van der Waals surface area (Å²) in [6, 6.07) is 11.1. The molecule has 2 aromatic carbocycles. The Morgan fingerprint density at radius 1 is 1.10 bits per heavy atom. The Morgan fingerprint density at radius 3 is 2.66 bits per heavy atom. The van der Waals surface area contributed by atoms with E-state index in [0.29, 0.717) is 11.5 Å². The highest BCUT2D eigenvalue weighted by atomic mass is 32.1. The summed E-state index contributed by atoms with van der Waals surface area (Å²) in [6.45, 7) is 4.16. The number of hydrogen-bond acceptors (Lipinski definition) is 7. The molecule has 8 heteroatoms. The molecule has 4 rings (SSSR count). The molecule has 0 aliphatic rings. The summed E-state index contributed by atoms with van der Waals surface area (Å²) in [5, 5.41) is 17.5. The molecule has 0 saturated carbocycles. The monoisotopic (exact) mass is 406 g/mol. The van der Waals surface area contributed by atoms with Crippen LogP contribution < -0.4 is 10.1 Å². The van der Waals surface area contributed by atoms with E-state index in [1.54, 1.807) is 12.1 Å². The van der Waals surface area contributed by atoms with Gasteiger partial charge < -0.3 is 10.1 Å². The Labute approximate surface area is 171 Å². The van der Waals surface area contributed by atoms with Gasteiger partial charge in [-0.25, -0.2) is 9.97 Å². The Kier molecular flexibility index (Phi) is 4.85. The maximum Gasteiger partial charge on any atom is 0.312 e. The van der Waals surface area contributed by atoms with Gasteiger partial charge in [0.15, 0.2) is 5.75 Å². The summed E-state index contributed by atoms with van der Waals surface area (Å²) < 4.78 is 5.07. The third kappa shape index (κ3) is 3.50. The Bertz CT molecular complexity index is 1240. The van der Waals surface area contributed by atoms with Crippen LogP contribution in [0.25, 0.3) is 21.3 Å². The summed E-state index contributed by atoms with van der Waals surface area (Å²) in [6.07, 6.45) is 1.49. The molecule has 0 spiro atoms. The fraction of sp³-hybridized carbons (Fsp3) is 0.143. The molecule has 1 N–H and O–H groups in total. The third-order valence-corrected chi connectivity index (χ3v) is 5.71. The lowest BCUT2D eigenvalue weighted by Crippen LogP contribution is -1.98. The summed E-state index contributed by atoms with van der Waals surface area (Å²) in [5.74, 6) is 0.809. The minimum atomic E-state index is -0.468. The van der Waals surface area contributed by atoms with E-state index in [1.807, 2.05) is 0 Å². The Balaban J connectivity index is 1.81. The molecular weight excluding hydrogens is 388 g/mol. The first kappa shape index (κ1) is 18.8. The van der Waals surface area contributed by atoms with E-state index >= 15 is 0 Å². The number of thiophene rings is 1. The minimum absolute atomic E-state index is 0.109. The molecule has 0 unspecified atom stereocenters. The molecule has 29 heavy (non-hydrogen) atoms. The van der Waals surface area contributed by atoms with Crippen molar-refractivity contribution >= 4 is 38.7 Å². The summed E-state index contributed by atoms with van der Waals surface area (Å²) in [4.78, 5) is 20.5. The molecule has 0 radical (unpaired) electrons. The van der Waals surface area contributed by atoms with Crippen LogP contribution in [-0.4, -0.2) is 22.0 Å². The zero-order valence-corrected chi connectivity index (χ0v) is 16.9. The van der Waals surface area contributed by atoms with E-state index in [4.69, 9.17) is 4.74 Å². The topological polar surface area (TPSA) is 90.2 Å². The quantitative estimate of drug-likeness (QED) is 0.341. The highest BCUT2D eigenvalue weighted by Gasteiger charge is 2.18. The van der Waals surface area contributed by atoms with Crippen molar-refractivity contribution < 1.29 is 9.66 Å². The van der Waals surface area contributed by atoms with Crippen molar-refractivity contribution in [1.82, 2.24) is 9.97 Å². The molecule has 2 aromatic heterocycles. The van der Waals surface area contributed by atoms with Gasteiger partial charge in [-0.05, 0) is 42.7 Å². The van der Waals surface area contributed by atoms with Crippen molar-refractivity contribution in [2.45, 2.75) is 13.8 Å². The van der Waals surface area contributed by atoms with E-state index in [0.717, 1.165) is 21.3 Å². The zero-order valence-electron chi connectivity index (χ0n) is 16.1. The molecular formula is C21H18N4O3S. The maximum absolute atomic E-state index is 11.3. The molecule has 2 heterocycles. The summed E-state index contributed by atoms with van der Waals surface area (Å²) in [7, 11) is 1.41. The van der Waals surface area contributed by atoms with Crippen LogP contribution in [0.5, 0.6) is 5.75 Å². The third-order valence-electron chi connectivity index (χ3n) is 4.83. The van der Waals surface area contributed by atoms with Crippen molar-refractivity contribution in [3.05, 3.63) is 69.3 Å². The lowest BCUT2D eigenvalue weighted by molar-refractivity contribution is -0.385. The van der Waals surface area contributed by atoms with E-state index in [9.17, 15) is 10.1 Å². The van der Waals surface area contributed by atoms with Gasteiger partial charge in [0, 0.05) is 22.7 Å². The van der Waals surface area contributed by atoms with Gasteiger partial charge in [-0.3, -0.25) is 10.1 Å². The lowest BCUT2D eigenvalue weighted by Gasteiger charge is -2.10. The molecule has 4 aromatic rings. The average molecular weight is 406 g/mol. The summed E-state index contributed by atoms with van der Waals surface area (Å²) >= 11 is 1.54. The lowest BCUT2D eigenvalue weighted by atomic mass is 10.0. The highest BCUT2D eigenvalue weighted by molar-refractivity contribution is 7.17. The number of fused-ring (bicyclic) bond motifs is 1. The number of ether oxygens (including phenoxy) is 1. The van der Waals surface area contributed by atoms with Crippen molar-refractivity contribution in [2.75, 3.05) is 12.4 Å². The van der Waals surface area contributed by atoms with Crippen molar-refractivity contribution in [3.63, 3.8) is 0 Å². The smallest absolute Gasteiger partial charge is 0.312 e. The minimum Gasteiger partial charge on any atom is -0.490 e. The SMILES string of the molecule is COc1ccc(Nc2ncnc3scc(-c4ccc(C)c(C)c4)c23)cc1[N+](=O)[O-]. The van der Waals surface area contributed by atoms with Gasteiger partial charge in [-0.2, -0.15) is 0 Å². The van der Waals surface area contributed by atoms with Crippen molar-refractivity contribution in [3.8, 4) is 16.9 Å². The maximum atomic E-state index is 11.3. The van der Waals surface area contributed by atoms with Crippen molar-refractivity contribution in [1.29, 1.82) is 0 Å². The Hall–Kier alpha value is -3.52. The molecule has 0 fully saturated rings. The van der Waals surface area contributed by atoms with Gasteiger partial charge in [-0.15, -0.1) is 11.3 Å². The number of benzene rings is 2. The molecule has 0 amide bonds. The summed E-state index contributed by atoms with van der Waals surface area (Å²) in [5.41, 5.74) is 4.99. The molecule has 0 atom stereocenters. The number of nitrogens with zero attached hydrogens (tertiary/aromatic N) is 3. The molecule has 0 bridgehead atoms. The van der Waals surface area contributed by atoms with Gasteiger partial charge in [0.1, 0.15) is 17.0 Å². The Morgan fingerprint density at radius 2 is 1.93 bits per heavy atom. The molecule has 0 saturated heterocycles. The van der Waals surface area contributed by atoms with Crippen LogP contribution in [0.1, 0.15) is 11.1 Å². The fourth-order valence-electron chi connectivity index (χ4n) is 3.14. The van der Waals surface area contributed by atoms with Crippen LogP contribution in [0.2, 0.25) is 0 Å². The van der Waals surface area contributed by atoms with Crippen LogP contribution in [-0.2, 0) is 0 Å². The van der Waals surface area contributed by atoms with E-state index < -0.39 is 4.92 Å². The second-order valence-corrected chi connectivity index (χ2v) is 7.48. The number of nitro benzene ring substituents is 1. The normalized spacial score (nSPS) is 10.9. The second kappa shape index (κ2) is 7.48. The number of hydrogen-bond donors (Lipinski definition) is 1. The van der Waals surface area contributed by atoms with Gasteiger partial charge in [0.05, 0.1) is 17.4 Å². The average Bonchev–Trinajstić information content (AvgIpc) is 3.15. The zero-order chi connectivity index (χ0) is 20.5. The predicted molar refractivity (Wildman–Crippen MR) is 115 cm³/mol. The number of rotatable bonds is 5. The number of nitrogens with one attached hydrogen (secondary N) is 1. The van der Waals surface area contributed by atoms with Gasteiger partial charge in [0.25, 0.3) is 0 Å². The number of anilines is 2. The molecule has 7 nitrogen and oxygen atoms in total. The number of methoxy groups -OCH3 is 1. The van der Waals surface area contributed by atoms with E-state index in [2.05, 4.69) is 52.7 Å². The fourth-order valence-corrected chi connectivity index (χ4v) is 4.05. The van der Waals surface area contributed by atoms with Crippen molar-refractivity contribution in [2.24, 2.45) is 0 Å². The van der Waals surface area contributed by atoms with Crippen LogP contribution >= 0.6 is 11.3 Å². The van der Waals surface area contributed by atoms with Gasteiger partial charge in [0.2, 0.25) is 0 Å². The molecule has 146 valence electrons. The van der Waals surface area contributed by atoms with Gasteiger partial charge in [-0.1, -0.05) is 18.2 Å². The van der Waals surface area contributed by atoms with Crippen LogP contribution in [0.4, 0.5) is 17.2 Å². The standard InChI is InChI=1S/C21H18N4O3S/c1-12-4-5-14(8-13(12)2)16-10-29-21-19(16)20(22-11-23-21)24-15-6-7-18(28-3)17(9-15)25(26)27/h4-11H,1-3H3,(H,22,23,24). The number of nitro groups is 1. The van der Waals surface area contributed by atoms with Crippen LogP contribution in [0.15, 0.2) is 48.1 Å². The van der Waals surface area contributed by atoms with E-state index in [-0.39, 0.29) is 11.4 Å². The largest absolute Gasteiger partial charge is 0.490 e. The highest BCUT2D eigenvalue weighted by Crippen LogP contribution is 2.39. The van der Waals surface area contributed by atoms with E-state index in [1.165, 1.54) is 42.0 Å². The first-order valence-corrected chi connectivity index (χ1v) is 9.75. The molecule has 0 aliphatic heterocycles. The first-order valence-electron chi connectivity index (χ1n) is 8.87.